The van der Waals surface area contributed by atoms with Crippen LogP contribution >= 0.6 is 0 Å². The normalized spacial score (nSPS) is 24.0. The first-order valence-corrected chi connectivity index (χ1v) is 3.34. The fourth-order valence-corrected chi connectivity index (χ4v) is 1.25. The molecule has 0 fully saturated rings. The van der Waals surface area contributed by atoms with Gasteiger partial charge in [0.05, 0.1) is 0 Å². The number of allylic oxidation sites excluding steroid dienone is 2. The van der Waals surface area contributed by atoms with Gasteiger partial charge in [0.15, 0.2) is 0 Å². The molecule has 0 spiro atoms. The highest BCUT2D eigenvalue weighted by atomic mass is 16.5. The Balaban J connectivity index is 2.28. The van der Waals surface area contributed by atoms with Crippen LogP contribution in [0.5, 0.6) is 0 Å². The van der Waals surface area contributed by atoms with Gasteiger partial charge in [0, 0.05) is 6.42 Å². The van der Waals surface area contributed by atoms with Crippen LogP contribution in [-0.4, -0.2) is 0 Å². The maximum Gasteiger partial charge on any atom is 0.140 e. The van der Waals surface area contributed by atoms with Gasteiger partial charge in [-0.05, 0) is 24.5 Å². The van der Waals surface area contributed by atoms with E-state index in [2.05, 4.69) is 12.2 Å². The van der Waals surface area contributed by atoms with Crippen molar-refractivity contribution in [3.8, 4) is 0 Å². The minimum absolute atomic E-state index is 1.04. The van der Waals surface area contributed by atoms with Gasteiger partial charge in [-0.3, -0.25) is 0 Å². The molecule has 0 saturated carbocycles. The Kier molecular flexibility index (Phi) is 1.08. The molecule has 1 heteroatoms. The van der Waals surface area contributed by atoms with Crippen molar-refractivity contribution in [3.05, 3.63) is 30.1 Å². The molecule has 0 aromatic carbocycles. The molecule has 1 aliphatic carbocycles. The summed E-state index contributed by atoms with van der Waals surface area (Å²) in [5, 5.41) is 0. The van der Waals surface area contributed by atoms with Crippen molar-refractivity contribution < 1.29 is 4.74 Å². The third-order valence-corrected chi connectivity index (χ3v) is 1.77. The number of rotatable bonds is 0. The van der Waals surface area contributed by atoms with Crippen LogP contribution < -0.4 is 0 Å². The van der Waals surface area contributed by atoms with Crippen LogP contribution in [0.1, 0.15) is 19.3 Å². The van der Waals surface area contributed by atoms with Gasteiger partial charge in [0.2, 0.25) is 0 Å². The van der Waals surface area contributed by atoms with E-state index in [9.17, 15) is 0 Å². The Morgan fingerprint density at radius 3 is 3.33 bits per heavy atom. The summed E-state index contributed by atoms with van der Waals surface area (Å²) in [7, 11) is 0. The van der Waals surface area contributed by atoms with Crippen LogP contribution in [0.2, 0.25) is 0 Å². The first-order valence-electron chi connectivity index (χ1n) is 3.34. The van der Waals surface area contributed by atoms with Crippen LogP contribution in [0.3, 0.4) is 0 Å². The van der Waals surface area contributed by atoms with Crippen molar-refractivity contribution in [1.82, 2.24) is 0 Å². The molecule has 9 heavy (non-hydrogen) atoms. The minimum atomic E-state index is 1.04. The highest BCUT2D eigenvalue weighted by molar-refractivity contribution is 5.28. The van der Waals surface area contributed by atoms with E-state index in [1.54, 1.807) is 0 Å². The average Bonchev–Trinajstić information content (AvgIpc) is 2.33. The Hall–Kier alpha value is -0.720. The van der Waals surface area contributed by atoms with Crippen molar-refractivity contribution >= 4 is 0 Å². The van der Waals surface area contributed by atoms with Crippen molar-refractivity contribution in [3.63, 3.8) is 0 Å². The zero-order chi connectivity index (χ0) is 6.10. The zero-order valence-corrected chi connectivity index (χ0v) is 5.26. The second-order valence-corrected chi connectivity index (χ2v) is 2.40. The Morgan fingerprint density at radius 1 is 1.44 bits per heavy atom. The van der Waals surface area contributed by atoms with Crippen molar-refractivity contribution in [2.45, 2.75) is 19.3 Å². The summed E-state index contributed by atoms with van der Waals surface area (Å²) in [5.41, 5.74) is 1.47. The lowest BCUT2D eigenvalue weighted by atomic mass is 10.0. The van der Waals surface area contributed by atoms with E-state index in [4.69, 9.17) is 4.74 Å². The zero-order valence-electron chi connectivity index (χ0n) is 5.26. The monoisotopic (exact) mass is 121 g/mol. The summed E-state index contributed by atoms with van der Waals surface area (Å²) in [5.74, 6) is 1.10. The molecule has 1 aliphatic heterocycles. The van der Waals surface area contributed by atoms with E-state index >= 15 is 0 Å². The minimum Gasteiger partial charge on any atom is -0.486 e. The van der Waals surface area contributed by atoms with Gasteiger partial charge in [0.1, 0.15) is 12.4 Å². The predicted molar refractivity (Wildman–Crippen MR) is 35.4 cm³/mol. The number of ether oxygens (including phenoxy) is 1. The molecule has 0 aromatic heterocycles. The largest absolute Gasteiger partial charge is 0.486 e. The number of hydrogen-bond donors (Lipinski definition) is 0. The van der Waals surface area contributed by atoms with E-state index in [0.29, 0.717) is 0 Å². The molecule has 2 rings (SSSR count). The summed E-state index contributed by atoms with van der Waals surface area (Å²) in [6.07, 6.45) is 7.67. The summed E-state index contributed by atoms with van der Waals surface area (Å²) in [6.45, 7) is 1.88. The van der Waals surface area contributed by atoms with Gasteiger partial charge in [-0.1, -0.05) is 6.08 Å². The van der Waals surface area contributed by atoms with Gasteiger partial charge in [-0.2, -0.15) is 0 Å². The second kappa shape index (κ2) is 1.90. The lowest BCUT2D eigenvalue weighted by molar-refractivity contribution is 0.326. The standard InChI is InChI=1S/C8H9O/c1-2-4-8-7(3-1)5-6-9-8/h2,4,6H,1,3,5H2. The van der Waals surface area contributed by atoms with Gasteiger partial charge in [-0.15, -0.1) is 0 Å². The van der Waals surface area contributed by atoms with Crippen LogP contribution in [0.25, 0.3) is 0 Å². The molecular formula is C8H9O. The molecule has 47 valence electrons. The van der Waals surface area contributed by atoms with Crippen LogP contribution in [-0.2, 0) is 4.74 Å². The third kappa shape index (κ3) is 0.766. The molecule has 0 amide bonds. The van der Waals surface area contributed by atoms with Crippen LogP contribution in [0, 0.1) is 6.61 Å². The first-order chi connectivity index (χ1) is 4.47. The maximum absolute atomic E-state index is 5.22. The highest BCUT2D eigenvalue weighted by Gasteiger charge is 2.15. The lowest BCUT2D eigenvalue weighted by Crippen LogP contribution is -1.86. The van der Waals surface area contributed by atoms with Gasteiger partial charge >= 0.3 is 0 Å². The Morgan fingerprint density at radius 2 is 2.44 bits per heavy atom. The lowest BCUT2D eigenvalue weighted by Gasteiger charge is -2.04. The van der Waals surface area contributed by atoms with E-state index < -0.39 is 0 Å². The fourth-order valence-electron chi connectivity index (χ4n) is 1.25. The quantitative estimate of drug-likeness (QED) is 0.477. The van der Waals surface area contributed by atoms with Crippen LogP contribution in [0.15, 0.2) is 23.5 Å². The molecule has 0 aromatic rings. The molecule has 0 atom stereocenters. The van der Waals surface area contributed by atoms with E-state index in [-0.39, 0.29) is 0 Å². The van der Waals surface area contributed by atoms with Gasteiger partial charge in [0.25, 0.3) is 0 Å². The third-order valence-electron chi connectivity index (χ3n) is 1.77. The van der Waals surface area contributed by atoms with Crippen molar-refractivity contribution in [2.24, 2.45) is 0 Å². The molecule has 1 radical (unpaired) electrons. The molecule has 0 N–H and O–H groups in total. The summed E-state index contributed by atoms with van der Waals surface area (Å²) in [6, 6.07) is 0. The highest BCUT2D eigenvalue weighted by Crippen LogP contribution is 2.29. The Bertz CT molecular complexity index is 177. The molecule has 0 bridgehead atoms. The van der Waals surface area contributed by atoms with E-state index in [0.717, 1.165) is 12.2 Å². The van der Waals surface area contributed by atoms with Gasteiger partial charge < -0.3 is 4.74 Å². The molecule has 2 aliphatic rings. The average molecular weight is 121 g/mol. The molecule has 0 unspecified atom stereocenters. The molecule has 0 saturated heterocycles. The molecule has 1 heterocycles. The summed E-state index contributed by atoms with van der Waals surface area (Å²) < 4.78 is 5.22. The number of hydrogen-bond acceptors (Lipinski definition) is 1. The van der Waals surface area contributed by atoms with Gasteiger partial charge in [-0.25, -0.2) is 0 Å². The maximum atomic E-state index is 5.22. The van der Waals surface area contributed by atoms with Crippen LogP contribution in [0.4, 0.5) is 0 Å². The SMILES string of the molecule is [CH]1CC2=C(C=CCC2)O1. The molecular weight excluding hydrogens is 112 g/mol. The van der Waals surface area contributed by atoms with Crippen molar-refractivity contribution in [1.29, 1.82) is 0 Å². The first kappa shape index (κ1) is 5.10. The van der Waals surface area contributed by atoms with E-state index in [1.165, 1.54) is 18.4 Å². The molecule has 1 nitrogen and oxygen atoms in total. The predicted octanol–water partition coefficient (Wildman–Crippen LogP) is 2.17. The van der Waals surface area contributed by atoms with Crippen molar-refractivity contribution in [2.75, 3.05) is 0 Å². The summed E-state index contributed by atoms with van der Waals surface area (Å²) >= 11 is 0. The smallest absolute Gasteiger partial charge is 0.140 e. The fraction of sp³-hybridized carbons (Fsp3) is 0.375. The topological polar surface area (TPSA) is 9.23 Å². The summed E-state index contributed by atoms with van der Waals surface area (Å²) in [4.78, 5) is 0. The van der Waals surface area contributed by atoms with E-state index in [1.807, 2.05) is 6.61 Å². The second-order valence-electron chi connectivity index (χ2n) is 2.40. The Labute approximate surface area is 55.0 Å².